The van der Waals surface area contributed by atoms with Gasteiger partial charge in [-0.2, -0.15) is 5.26 Å². The highest BCUT2D eigenvalue weighted by atomic mass is 16.5. The van der Waals surface area contributed by atoms with Gasteiger partial charge in [-0.05, 0) is 48.7 Å². The molecule has 2 aromatic carbocycles. The first-order valence-corrected chi connectivity index (χ1v) is 7.89. The van der Waals surface area contributed by atoms with E-state index in [0.717, 1.165) is 22.4 Å². The Bertz CT molecular complexity index is 818. The molecule has 2 rings (SSSR count). The Hall–Kier alpha value is -3.26. The monoisotopic (exact) mass is 335 g/mol. The standard InChI is InChI=1S/C20H21N3O2/c1-14-5-4-6-19(15(14)2)23-20(24)17(11-21)13-22-12-16-7-9-18(25-3)10-8-16/h4-10,13,22H,12H2,1-3H3,(H,23,24)/b17-13-. The number of hydrogen-bond donors (Lipinski definition) is 2. The van der Waals surface area contributed by atoms with Gasteiger partial charge in [0, 0.05) is 18.4 Å². The Labute approximate surface area is 147 Å². The van der Waals surface area contributed by atoms with Gasteiger partial charge in [0.1, 0.15) is 17.4 Å². The molecule has 0 saturated heterocycles. The molecule has 0 aliphatic heterocycles. The summed E-state index contributed by atoms with van der Waals surface area (Å²) in [6.45, 7) is 4.41. The molecular formula is C20H21N3O2. The number of rotatable bonds is 6. The third-order valence-corrected chi connectivity index (χ3v) is 3.93. The lowest BCUT2D eigenvalue weighted by Gasteiger charge is -2.10. The predicted octanol–water partition coefficient (Wildman–Crippen LogP) is 3.45. The fourth-order valence-electron chi connectivity index (χ4n) is 2.24. The van der Waals surface area contributed by atoms with Gasteiger partial charge in [-0.25, -0.2) is 0 Å². The molecule has 128 valence electrons. The molecule has 0 aromatic heterocycles. The minimum Gasteiger partial charge on any atom is -0.497 e. The Morgan fingerprint density at radius 1 is 1.20 bits per heavy atom. The molecule has 0 aliphatic carbocycles. The second kappa shape index (κ2) is 8.55. The molecule has 5 nitrogen and oxygen atoms in total. The molecule has 5 heteroatoms. The van der Waals surface area contributed by atoms with E-state index >= 15 is 0 Å². The van der Waals surface area contributed by atoms with Gasteiger partial charge in [0.15, 0.2) is 0 Å². The molecule has 2 aromatic rings. The Kier molecular flexibility index (Phi) is 6.19. The topological polar surface area (TPSA) is 74.1 Å². The summed E-state index contributed by atoms with van der Waals surface area (Å²) in [5, 5.41) is 15.0. The maximum atomic E-state index is 12.3. The molecule has 2 N–H and O–H groups in total. The van der Waals surface area contributed by atoms with E-state index in [9.17, 15) is 10.1 Å². The van der Waals surface area contributed by atoms with E-state index in [1.54, 1.807) is 7.11 Å². The first kappa shape index (κ1) is 18.1. The van der Waals surface area contributed by atoms with Crippen LogP contribution in [-0.4, -0.2) is 13.0 Å². The molecule has 1 amide bonds. The fourth-order valence-corrected chi connectivity index (χ4v) is 2.24. The molecule has 0 saturated carbocycles. The molecular weight excluding hydrogens is 314 g/mol. The van der Waals surface area contributed by atoms with E-state index in [1.807, 2.05) is 62.4 Å². The largest absolute Gasteiger partial charge is 0.497 e. The van der Waals surface area contributed by atoms with Crippen molar-refractivity contribution >= 4 is 11.6 Å². The van der Waals surface area contributed by atoms with E-state index in [4.69, 9.17) is 4.74 Å². The number of ether oxygens (including phenoxy) is 1. The maximum Gasteiger partial charge on any atom is 0.267 e. The lowest BCUT2D eigenvalue weighted by molar-refractivity contribution is -0.112. The van der Waals surface area contributed by atoms with E-state index in [2.05, 4.69) is 10.6 Å². The van der Waals surface area contributed by atoms with Gasteiger partial charge in [-0.3, -0.25) is 4.79 Å². The quantitative estimate of drug-likeness (QED) is 0.626. The number of amides is 1. The third-order valence-electron chi connectivity index (χ3n) is 3.93. The Morgan fingerprint density at radius 3 is 2.56 bits per heavy atom. The van der Waals surface area contributed by atoms with E-state index in [1.165, 1.54) is 6.20 Å². The number of nitrogens with zero attached hydrogens (tertiary/aromatic N) is 1. The normalized spacial score (nSPS) is 10.7. The number of aryl methyl sites for hydroxylation is 1. The average molecular weight is 335 g/mol. The van der Waals surface area contributed by atoms with Crippen molar-refractivity contribution < 1.29 is 9.53 Å². The molecule has 0 atom stereocenters. The summed E-state index contributed by atoms with van der Waals surface area (Å²) >= 11 is 0. The van der Waals surface area contributed by atoms with Crippen LogP contribution >= 0.6 is 0 Å². The summed E-state index contributed by atoms with van der Waals surface area (Å²) < 4.78 is 5.11. The first-order valence-electron chi connectivity index (χ1n) is 7.89. The van der Waals surface area contributed by atoms with Gasteiger partial charge in [-0.15, -0.1) is 0 Å². The lowest BCUT2D eigenvalue weighted by Crippen LogP contribution is -2.17. The van der Waals surface area contributed by atoms with Crippen LogP contribution in [0.15, 0.2) is 54.2 Å². The SMILES string of the molecule is COc1ccc(CN/C=C(/C#N)C(=O)Nc2cccc(C)c2C)cc1. The number of nitrogens with one attached hydrogen (secondary N) is 2. The summed E-state index contributed by atoms with van der Waals surface area (Å²) in [5.74, 6) is 0.350. The van der Waals surface area contributed by atoms with E-state index < -0.39 is 5.91 Å². The van der Waals surface area contributed by atoms with Crippen LogP contribution < -0.4 is 15.4 Å². The molecule has 0 fully saturated rings. The second-order valence-electron chi connectivity index (χ2n) is 5.60. The zero-order chi connectivity index (χ0) is 18.2. The smallest absolute Gasteiger partial charge is 0.267 e. The van der Waals surface area contributed by atoms with Crippen LogP contribution in [0.1, 0.15) is 16.7 Å². The highest BCUT2D eigenvalue weighted by Crippen LogP contribution is 2.18. The van der Waals surface area contributed by atoms with Gasteiger partial charge < -0.3 is 15.4 Å². The van der Waals surface area contributed by atoms with Gasteiger partial charge in [-0.1, -0.05) is 24.3 Å². The Balaban J connectivity index is 2.00. The molecule has 0 radical (unpaired) electrons. The number of carbonyl (C=O) groups is 1. The summed E-state index contributed by atoms with van der Waals surface area (Å²) in [6.07, 6.45) is 1.44. The van der Waals surface area contributed by atoms with Crippen molar-refractivity contribution in [3.8, 4) is 11.8 Å². The van der Waals surface area contributed by atoms with E-state index in [0.29, 0.717) is 12.2 Å². The lowest BCUT2D eigenvalue weighted by atomic mass is 10.1. The zero-order valence-corrected chi connectivity index (χ0v) is 14.6. The minimum absolute atomic E-state index is 0.0226. The van der Waals surface area contributed by atoms with Crippen molar-refractivity contribution in [2.24, 2.45) is 0 Å². The van der Waals surface area contributed by atoms with Crippen molar-refractivity contribution in [2.75, 3.05) is 12.4 Å². The third kappa shape index (κ3) is 4.85. The van der Waals surface area contributed by atoms with Crippen LogP contribution in [-0.2, 0) is 11.3 Å². The highest BCUT2D eigenvalue weighted by Gasteiger charge is 2.11. The molecule has 0 spiro atoms. The van der Waals surface area contributed by atoms with Gasteiger partial charge in [0.25, 0.3) is 5.91 Å². The fraction of sp³-hybridized carbons (Fsp3) is 0.200. The maximum absolute atomic E-state index is 12.3. The van der Waals surface area contributed by atoms with Crippen LogP contribution in [0.3, 0.4) is 0 Å². The number of carbonyl (C=O) groups excluding carboxylic acids is 1. The van der Waals surface area contributed by atoms with Crippen molar-refractivity contribution in [3.63, 3.8) is 0 Å². The summed E-state index contributed by atoms with van der Waals surface area (Å²) in [5.41, 5.74) is 3.82. The van der Waals surface area contributed by atoms with Crippen LogP contribution in [0, 0.1) is 25.2 Å². The highest BCUT2D eigenvalue weighted by molar-refractivity contribution is 6.06. The number of methoxy groups -OCH3 is 1. The van der Waals surface area contributed by atoms with Crippen molar-refractivity contribution in [1.82, 2.24) is 5.32 Å². The zero-order valence-electron chi connectivity index (χ0n) is 14.6. The van der Waals surface area contributed by atoms with E-state index in [-0.39, 0.29) is 5.57 Å². The van der Waals surface area contributed by atoms with Gasteiger partial charge in [0.05, 0.1) is 7.11 Å². The average Bonchev–Trinajstić information content (AvgIpc) is 2.63. The van der Waals surface area contributed by atoms with Crippen molar-refractivity contribution in [1.29, 1.82) is 5.26 Å². The van der Waals surface area contributed by atoms with Crippen LogP contribution in [0.25, 0.3) is 0 Å². The minimum atomic E-state index is -0.432. The Morgan fingerprint density at radius 2 is 1.92 bits per heavy atom. The summed E-state index contributed by atoms with van der Waals surface area (Å²) in [4.78, 5) is 12.3. The van der Waals surface area contributed by atoms with Crippen LogP contribution in [0.2, 0.25) is 0 Å². The predicted molar refractivity (Wildman–Crippen MR) is 98.1 cm³/mol. The summed E-state index contributed by atoms with van der Waals surface area (Å²) in [6, 6.07) is 15.1. The second-order valence-corrected chi connectivity index (χ2v) is 5.60. The molecule has 0 bridgehead atoms. The number of anilines is 1. The van der Waals surface area contributed by atoms with Gasteiger partial charge >= 0.3 is 0 Å². The molecule has 25 heavy (non-hydrogen) atoms. The van der Waals surface area contributed by atoms with Crippen molar-refractivity contribution in [2.45, 2.75) is 20.4 Å². The first-order chi connectivity index (χ1) is 12.0. The van der Waals surface area contributed by atoms with Crippen LogP contribution in [0.4, 0.5) is 5.69 Å². The number of benzene rings is 2. The van der Waals surface area contributed by atoms with Gasteiger partial charge in [0.2, 0.25) is 0 Å². The summed E-state index contributed by atoms with van der Waals surface area (Å²) in [7, 11) is 1.61. The van der Waals surface area contributed by atoms with Crippen molar-refractivity contribution in [3.05, 3.63) is 70.9 Å². The number of hydrogen-bond acceptors (Lipinski definition) is 4. The molecule has 0 heterocycles. The molecule has 0 unspecified atom stereocenters. The number of nitriles is 1. The molecule has 0 aliphatic rings. The van der Waals surface area contributed by atoms with Crippen LogP contribution in [0.5, 0.6) is 5.75 Å².